The molecule has 0 spiro atoms. The number of furan rings is 1. The van der Waals surface area contributed by atoms with E-state index in [9.17, 15) is 14.4 Å². The second kappa shape index (κ2) is 8.61. The van der Waals surface area contributed by atoms with E-state index in [0.717, 1.165) is 34.0 Å². The number of ether oxygens (including phenoxy) is 1. The van der Waals surface area contributed by atoms with Crippen molar-refractivity contribution in [3.8, 4) is 5.75 Å². The predicted octanol–water partition coefficient (Wildman–Crippen LogP) is 3.60. The number of urea groups is 1. The van der Waals surface area contributed by atoms with Gasteiger partial charge in [-0.05, 0) is 63.1 Å². The number of rotatable bonds is 8. The molecule has 1 atom stereocenters. The first kappa shape index (κ1) is 22.4. The molecule has 0 radical (unpaired) electrons. The summed E-state index contributed by atoms with van der Waals surface area (Å²) in [6.45, 7) is 5.77. The van der Waals surface area contributed by atoms with E-state index in [-0.39, 0.29) is 12.3 Å². The van der Waals surface area contributed by atoms with Gasteiger partial charge in [-0.25, -0.2) is 4.79 Å². The molecule has 3 amide bonds. The van der Waals surface area contributed by atoms with Crippen molar-refractivity contribution in [2.24, 2.45) is 0 Å². The summed E-state index contributed by atoms with van der Waals surface area (Å²) >= 11 is 0. The third-order valence-electron chi connectivity index (χ3n) is 6.25. The summed E-state index contributed by atoms with van der Waals surface area (Å²) in [6, 6.07) is 12.4. The van der Waals surface area contributed by atoms with Crippen LogP contribution in [-0.2, 0) is 23.3 Å². The summed E-state index contributed by atoms with van der Waals surface area (Å²) in [5, 5.41) is 2.64. The van der Waals surface area contributed by atoms with Crippen LogP contribution in [0.3, 0.4) is 0 Å². The van der Waals surface area contributed by atoms with Crippen LogP contribution in [0.2, 0.25) is 0 Å². The van der Waals surface area contributed by atoms with Crippen LogP contribution in [-0.4, -0.2) is 40.8 Å². The number of imide groups is 1. The third-order valence-corrected chi connectivity index (χ3v) is 6.25. The largest absolute Gasteiger partial charge is 0.497 e. The fraction of sp³-hybridized carbons (Fsp3) is 0.320. The molecule has 3 heterocycles. The summed E-state index contributed by atoms with van der Waals surface area (Å²) in [5.41, 5.74) is 2.10. The maximum atomic E-state index is 13.1. The highest BCUT2D eigenvalue weighted by Crippen LogP contribution is 2.29. The first-order valence-corrected chi connectivity index (χ1v) is 10.8. The Morgan fingerprint density at radius 2 is 1.88 bits per heavy atom. The minimum atomic E-state index is -1.32. The van der Waals surface area contributed by atoms with Gasteiger partial charge >= 0.3 is 6.03 Å². The van der Waals surface area contributed by atoms with Crippen LogP contribution in [0.1, 0.15) is 40.0 Å². The van der Waals surface area contributed by atoms with E-state index in [2.05, 4.69) is 9.88 Å². The Morgan fingerprint density at radius 1 is 1.15 bits per heavy atom. The zero-order chi connectivity index (χ0) is 23.8. The Balaban J connectivity index is 1.47. The van der Waals surface area contributed by atoms with Crippen LogP contribution >= 0.6 is 0 Å². The SMILES string of the molecule is COc1ccc(CCn2c(C)cc(C(=O)CN3C(=O)NC(C)(c4ccco4)C3=O)c2C)cc1. The number of ketones is 1. The molecule has 0 saturated carbocycles. The number of carbonyl (C=O) groups is 3. The maximum Gasteiger partial charge on any atom is 0.325 e. The van der Waals surface area contributed by atoms with E-state index in [1.165, 1.54) is 6.26 Å². The summed E-state index contributed by atoms with van der Waals surface area (Å²) in [4.78, 5) is 39.5. The van der Waals surface area contributed by atoms with Crippen molar-refractivity contribution in [3.05, 3.63) is 77.0 Å². The number of nitrogens with one attached hydrogen (secondary N) is 1. The molecule has 3 aromatic rings. The molecule has 8 heteroatoms. The van der Waals surface area contributed by atoms with Crippen molar-refractivity contribution in [3.63, 3.8) is 0 Å². The number of hydrogen-bond donors (Lipinski definition) is 1. The molecule has 1 aliphatic rings. The second-order valence-electron chi connectivity index (χ2n) is 8.38. The first-order chi connectivity index (χ1) is 15.7. The van der Waals surface area contributed by atoms with E-state index >= 15 is 0 Å². The van der Waals surface area contributed by atoms with E-state index < -0.39 is 17.5 Å². The second-order valence-corrected chi connectivity index (χ2v) is 8.38. The van der Waals surface area contributed by atoms with E-state index in [1.807, 2.05) is 44.2 Å². The van der Waals surface area contributed by atoms with Crippen molar-refractivity contribution >= 4 is 17.7 Å². The van der Waals surface area contributed by atoms with Gasteiger partial charge in [0.05, 0.1) is 19.9 Å². The summed E-state index contributed by atoms with van der Waals surface area (Å²) in [7, 11) is 1.64. The molecule has 8 nitrogen and oxygen atoms in total. The van der Waals surface area contributed by atoms with Gasteiger partial charge in [-0.2, -0.15) is 0 Å². The molecule has 0 aliphatic carbocycles. The number of amides is 3. The molecule has 1 unspecified atom stereocenters. The van der Waals surface area contributed by atoms with Crippen molar-refractivity contribution < 1.29 is 23.5 Å². The fourth-order valence-corrected chi connectivity index (χ4v) is 4.26. The highest BCUT2D eigenvalue weighted by molar-refractivity contribution is 6.11. The van der Waals surface area contributed by atoms with Crippen LogP contribution in [0, 0.1) is 13.8 Å². The van der Waals surface area contributed by atoms with Crippen molar-refractivity contribution in [1.82, 2.24) is 14.8 Å². The topological polar surface area (TPSA) is 93.8 Å². The van der Waals surface area contributed by atoms with Crippen LogP contribution in [0.4, 0.5) is 4.79 Å². The van der Waals surface area contributed by atoms with E-state index in [4.69, 9.17) is 9.15 Å². The van der Waals surface area contributed by atoms with E-state index in [0.29, 0.717) is 17.9 Å². The molecule has 1 fully saturated rings. The molecule has 1 aromatic carbocycles. The van der Waals surface area contributed by atoms with Crippen LogP contribution in [0.25, 0.3) is 0 Å². The molecule has 1 saturated heterocycles. The Hall–Kier alpha value is -3.81. The Morgan fingerprint density at radius 3 is 2.52 bits per heavy atom. The summed E-state index contributed by atoms with van der Waals surface area (Å²) < 4.78 is 12.6. The van der Waals surface area contributed by atoms with E-state index in [1.54, 1.807) is 26.2 Å². The average molecular weight is 450 g/mol. The third kappa shape index (κ3) is 4.04. The molecule has 33 heavy (non-hydrogen) atoms. The average Bonchev–Trinajstić information content (AvgIpc) is 3.49. The van der Waals surface area contributed by atoms with Gasteiger partial charge in [0.1, 0.15) is 11.5 Å². The standard InChI is InChI=1S/C25H27N3O5/c1-16-14-20(17(2)27(16)12-11-18-7-9-19(32-4)10-8-18)21(29)15-28-23(30)25(3,26-24(28)31)22-6-5-13-33-22/h5-10,13-14H,11-12,15H2,1-4H3,(H,26,31). The predicted molar refractivity (Wildman–Crippen MR) is 121 cm³/mol. The lowest BCUT2D eigenvalue weighted by molar-refractivity contribution is -0.131. The van der Waals surface area contributed by atoms with Gasteiger partial charge in [-0.1, -0.05) is 12.1 Å². The number of methoxy groups -OCH3 is 1. The molecule has 4 rings (SSSR count). The van der Waals surface area contributed by atoms with Crippen molar-refractivity contribution in [2.75, 3.05) is 13.7 Å². The molecule has 0 bridgehead atoms. The maximum absolute atomic E-state index is 13.1. The molecular formula is C25H27N3O5. The van der Waals surface area contributed by atoms with Crippen molar-refractivity contribution in [1.29, 1.82) is 0 Å². The normalized spacial score (nSPS) is 18.0. The van der Waals surface area contributed by atoms with Crippen LogP contribution < -0.4 is 10.1 Å². The van der Waals surface area contributed by atoms with Gasteiger partial charge < -0.3 is 19.0 Å². The van der Waals surface area contributed by atoms with Crippen LogP contribution in [0.15, 0.2) is 53.1 Å². The first-order valence-electron chi connectivity index (χ1n) is 10.8. The lowest BCUT2D eigenvalue weighted by Gasteiger charge is -2.18. The molecule has 1 aliphatic heterocycles. The molecule has 172 valence electrons. The zero-order valence-electron chi connectivity index (χ0n) is 19.2. The number of carbonyl (C=O) groups excluding carboxylic acids is 3. The van der Waals surface area contributed by atoms with Gasteiger partial charge in [-0.15, -0.1) is 0 Å². The molecule has 2 aromatic heterocycles. The molecule has 1 N–H and O–H groups in total. The summed E-state index contributed by atoms with van der Waals surface area (Å²) in [5.74, 6) is 0.339. The zero-order valence-corrected chi connectivity index (χ0v) is 19.2. The van der Waals surface area contributed by atoms with Gasteiger partial charge in [0.25, 0.3) is 5.91 Å². The number of nitrogens with zero attached hydrogens (tertiary/aromatic N) is 2. The van der Waals surface area contributed by atoms with Crippen LogP contribution in [0.5, 0.6) is 5.75 Å². The number of aryl methyl sites for hydroxylation is 2. The van der Waals surface area contributed by atoms with Gasteiger partial charge in [0.2, 0.25) is 0 Å². The summed E-state index contributed by atoms with van der Waals surface area (Å²) in [6.07, 6.45) is 2.23. The number of hydrogen-bond acceptors (Lipinski definition) is 5. The minimum absolute atomic E-state index is 0.286. The lowest BCUT2D eigenvalue weighted by Crippen LogP contribution is -2.41. The quantitative estimate of drug-likeness (QED) is 0.419. The smallest absolute Gasteiger partial charge is 0.325 e. The lowest BCUT2D eigenvalue weighted by atomic mass is 9.99. The number of Topliss-reactive ketones (excluding diaryl/α,β-unsaturated/α-hetero) is 1. The highest BCUT2D eigenvalue weighted by Gasteiger charge is 2.51. The monoisotopic (exact) mass is 449 g/mol. The van der Waals surface area contributed by atoms with Gasteiger partial charge in [0, 0.05) is 23.5 Å². The minimum Gasteiger partial charge on any atom is -0.497 e. The Kier molecular flexibility index (Phi) is 5.84. The Labute approximate surface area is 192 Å². The highest BCUT2D eigenvalue weighted by atomic mass is 16.5. The van der Waals surface area contributed by atoms with Gasteiger partial charge in [0.15, 0.2) is 11.3 Å². The van der Waals surface area contributed by atoms with Crippen molar-refractivity contribution in [2.45, 2.75) is 39.3 Å². The number of aromatic nitrogens is 1. The number of benzene rings is 1. The fourth-order valence-electron chi connectivity index (χ4n) is 4.26. The molecular weight excluding hydrogens is 422 g/mol. The Bertz CT molecular complexity index is 1190. The van der Waals surface area contributed by atoms with Gasteiger partial charge in [-0.3, -0.25) is 14.5 Å².